The maximum atomic E-state index is 9.52. The molecule has 1 aromatic rings. The van der Waals surface area contributed by atoms with E-state index in [1.54, 1.807) is 13.0 Å². The van der Waals surface area contributed by atoms with Gasteiger partial charge < -0.3 is 9.84 Å². The van der Waals surface area contributed by atoms with Crippen molar-refractivity contribution in [2.45, 2.75) is 20.0 Å². The molecule has 0 radical (unpaired) electrons. The molecule has 1 N–H and O–H groups in total. The molecule has 1 rings (SSSR count). The second kappa shape index (κ2) is 4.82. The summed E-state index contributed by atoms with van der Waals surface area (Å²) in [5.41, 5.74) is 1.94. The quantitative estimate of drug-likeness (QED) is 0.743. The summed E-state index contributed by atoms with van der Waals surface area (Å²) in [6.07, 6.45) is 1.18. The van der Waals surface area contributed by atoms with Crippen LogP contribution in [0.1, 0.15) is 24.2 Å². The molecule has 14 heavy (non-hydrogen) atoms. The molecule has 0 spiro atoms. The number of ether oxygens (including phenoxy) is 1. The first-order chi connectivity index (χ1) is 6.65. The summed E-state index contributed by atoms with van der Waals surface area (Å²) in [6.45, 7) is 7.76. The Hall–Kier alpha value is -1.28. The zero-order valence-electron chi connectivity index (χ0n) is 8.66. The zero-order chi connectivity index (χ0) is 10.6. The molecule has 0 amide bonds. The van der Waals surface area contributed by atoms with Gasteiger partial charge in [0.1, 0.15) is 12.4 Å². The lowest BCUT2D eigenvalue weighted by molar-refractivity contribution is 0.193. The van der Waals surface area contributed by atoms with Crippen molar-refractivity contribution in [3.8, 4) is 5.75 Å². The number of rotatable bonds is 4. The zero-order valence-corrected chi connectivity index (χ0v) is 8.66. The van der Waals surface area contributed by atoms with Gasteiger partial charge in [-0.1, -0.05) is 24.3 Å². The van der Waals surface area contributed by atoms with Crippen LogP contribution < -0.4 is 4.74 Å². The van der Waals surface area contributed by atoms with Crippen molar-refractivity contribution in [3.63, 3.8) is 0 Å². The summed E-state index contributed by atoms with van der Waals surface area (Å²) in [5, 5.41) is 9.52. The second-order valence-electron chi connectivity index (χ2n) is 3.32. The molecule has 0 bridgehead atoms. The van der Waals surface area contributed by atoms with Crippen molar-refractivity contribution in [2.24, 2.45) is 0 Å². The van der Waals surface area contributed by atoms with E-state index < -0.39 is 6.10 Å². The maximum absolute atomic E-state index is 9.52. The van der Waals surface area contributed by atoms with Crippen molar-refractivity contribution in [1.29, 1.82) is 0 Å². The Labute approximate surface area is 84.8 Å². The highest BCUT2D eigenvalue weighted by atomic mass is 16.5. The summed E-state index contributed by atoms with van der Waals surface area (Å²) in [7, 11) is 0. The average molecular weight is 192 g/mol. The predicted octanol–water partition coefficient (Wildman–Crippen LogP) is 2.61. The molecule has 0 aromatic heterocycles. The molecule has 0 unspecified atom stereocenters. The number of hydrogen-bond donors (Lipinski definition) is 1. The van der Waals surface area contributed by atoms with Gasteiger partial charge in [0.05, 0.1) is 6.10 Å². The van der Waals surface area contributed by atoms with Crippen LogP contribution in [0.4, 0.5) is 0 Å². The lowest BCUT2D eigenvalue weighted by atomic mass is 10.1. The van der Waals surface area contributed by atoms with Crippen molar-refractivity contribution >= 4 is 0 Å². The van der Waals surface area contributed by atoms with Crippen LogP contribution >= 0.6 is 0 Å². The Morgan fingerprint density at radius 2 is 2.29 bits per heavy atom. The second-order valence-corrected chi connectivity index (χ2v) is 3.32. The lowest BCUT2D eigenvalue weighted by Gasteiger charge is -2.12. The van der Waals surface area contributed by atoms with Gasteiger partial charge in [-0.2, -0.15) is 0 Å². The van der Waals surface area contributed by atoms with E-state index in [0.29, 0.717) is 6.61 Å². The molecule has 2 nitrogen and oxygen atoms in total. The number of benzene rings is 1. The number of aliphatic hydroxyl groups excluding tert-OH is 1. The topological polar surface area (TPSA) is 29.5 Å². The van der Waals surface area contributed by atoms with Gasteiger partial charge in [0.15, 0.2) is 0 Å². The number of aliphatic hydroxyl groups is 1. The molecule has 0 fully saturated rings. The van der Waals surface area contributed by atoms with Crippen molar-refractivity contribution in [2.75, 3.05) is 6.61 Å². The van der Waals surface area contributed by atoms with E-state index in [-0.39, 0.29) is 0 Å². The first-order valence-electron chi connectivity index (χ1n) is 4.67. The van der Waals surface area contributed by atoms with Gasteiger partial charge in [0, 0.05) is 5.56 Å². The predicted molar refractivity (Wildman–Crippen MR) is 57.5 cm³/mol. The smallest absolute Gasteiger partial charge is 0.125 e. The molecule has 2 heteroatoms. The average Bonchev–Trinajstić information content (AvgIpc) is 2.15. The van der Waals surface area contributed by atoms with Crippen LogP contribution in [-0.4, -0.2) is 11.7 Å². The van der Waals surface area contributed by atoms with Crippen molar-refractivity contribution in [1.82, 2.24) is 0 Å². The summed E-state index contributed by atoms with van der Waals surface area (Å²) in [6, 6.07) is 5.77. The van der Waals surface area contributed by atoms with E-state index in [2.05, 4.69) is 6.58 Å². The molecule has 0 saturated carbocycles. The standard InChI is InChI=1S/C12H16O2/c1-4-7-14-12-6-5-9(2)8-11(12)10(3)13/h4-6,8,10,13H,1,7H2,2-3H3/t10-/m0/s1. The molecule has 0 saturated heterocycles. The summed E-state index contributed by atoms with van der Waals surface area (Å²) >= 11 is 0. The van der Waals surface area contributed by atoms with Crippen molar-refractivity contribution in [3.05, 3.63) is 42.0 Å². The van der Waals surface area contributed by atoms with Crippen LogP contribution in [0.25, 0.3) is 0 Å². The van der Waals surface area contributed by atoms with Crippen LogP contribution in [-0.2, 0) is 0 Å². The first kappa shape index (κ1) is 10.8. The van der Waals surface area contributed by atoms with Gasteiger partial charge in [-0.3, -0.25) is 0 Å². The molecule has 76 valence electrons. The Kier molecular flexibility index (Phi) is 3.72. The summed E-state index contributed by atoms with van der Waals surface area (Å²) in [4.78, 5) is 0. The molecular weight excluding hydrogens is 176 g/mol. The van der Waals surface area contributed by atoms with Gasteiger partial charge in [-0.25, -0.2) is 0 Å². The minimum Gasteiger partial charge on any atom is -0.489 e. The Bertz CT molecular complexity index is 316. The summed E-state index contributed by atoms with van der Waals surface area (Å²) < 4.78 is 5.42. The van der Waals surface area contributed by atoms with E-state index in [1.165, 1.54) is 0 Å². The van der Waals surface area contributed by atoms with Crippen LogP contribution in [0.3, 0.4) is 0 Å². The minimum atomic E-state index is -0.505. The molecular formula is C12H16O2. The molecule has 0 heterocycles. The Balaban J connectivity index is 2.95. The fourth-order valence-corrected chi connectivity index (χ4v) is 1.27. The maximum Gasteiger partial charge on any atom is 0.125 e. The van der Waals surface area contributed by atoms with Gasteiger partial charge >= 0.3 is 0 Å². The van der Waals surface area contributed by atoms with E-state index in [1.807, 2.05) is 25.1 Å². The van der Waals surface area contributed by atoms with E-state index in [0.717, 1.165) is 16.9 Å². The Morgan fingerprint density at radius 1 is 1.57 bits per heavy atom. The van der Waals surface area contributed by atoms with Crippen LogP contribution in [0.15, 0.2) is 30.9 Å². The van der Waals surface area contributed by atoms with E-state index in [9.17, 15) is 5.11 Å². The van der Waals surface area contributed by atoms with Gasteiger partial charge in [-0.05, 0) is 26.0 Å². The lowest BCUT2D eigenvalue weighted by Crippen LogP contribution is -2.00. The third-order valence-corrected chi connectivity index (χ3v) is 1.97. The van der Waals surface area contributed by atoms with Gasteiger partial charge in [-0.15, -0.1) is 0 Å². The fraction of sp³-hybridized carbons (Fsp3) is 0.333. The third-order valence-electron chi connectivity index (χ3n) is 1.97. The molecule has 1 atom stereocenters. The van der Waals surface area contributed by atoms with Crippen LogP contribution in [0.5, 0.6) is 5.75 Å². The van der Waals surface area contributed by atoms with Crippen molar-refractivity contribution < 1.29 is 9.84 Å². The fourth-order valence-electron chi connectivity index (χ4n) is 1.27. The summed E-state index contributed by atoms with van der Waals surface area (Å²) in [5.74, 6) is 0.727. The number of aryl methyl sites for hydroxylation is 1. The monoisotopic (exact) mass is 192 g/mol. The highest BCUT2D eigenvalue weighted by Gasteiger charge is 2.08. The highest BCUT2D eigenvalue weighted by Crippen LogP contribution is 2.26. The first-order valence-corrected chi connectivity index (χ1v) is 4.67. The molecule has 0 aliphatic heterocycles. The van der Waals surface area contributed by atoms with Gasteiger partial charge in [0.2, 0.25) is 0 Å². The van der Waals surface area contributed by atoms with Gasteiger partial charge in [0.25, 0.3) is 0 Å². The molecule has 0 aliphatic carbocycles. The van der Waals surface area contributed by atoms with Crippen LogP contribution in [0, 0.1) is 6.92 Å². The molecule has 1 aromatic carbocycles. The van der Waals surface area contributed by atoms with Crippen LogP contribution in [0.2, 0.25) is 0 Å². The third kappa shape index (κ3) is 2.60. The Morgan fingerprint density at radius 3 is 2.86 bits per heavy atom. The minimum absolute atomic E-state index is 0.461. The molecule has 0 aliphatic rings. The normalized spacial score (nSPS) is 12.2. The number of hydrogen-bond acceptors (Lipinski definition) is 2. The SMILES string of the molecule is C=CCOc1ccc(C)cc1[C@H](C)O. The van der Waals surface area contributed by atoms with E-state index >= 15 is 0 Å². The highest BCUT2D eigenvalue weighted by molar-refractivity contribution is 5.38. The largest absolute Gasteiger partial charge is 0.489 e. The van der Waals surface area contributed by atoms with E-state index in [4.69, 9.17) is 4.74 Å².